The van der Waals surface area contributed by atoms with E-state index in [9.17, 15) is 4.79 Å². The summed E-state index contributed by atoms with van der Waals surface area (Å²) >= 11 is 0. The van der Waals surface area contributed by atoms with Crippen LogP contribution in [-0.4, -0.2) is 29.2 Å². The third-order valence-corrected chi connectivity index (χ3v) is 2.79. The zero-order valence-corrected chi connectivity index (χ0v) is 8.75. The predicted octanol–water partition coefficient (Wildman–Crippen LogP) is 0.145. The number of aliphatic hydroxyl groups is 1. The maximum atomic E-state index is 11.5. The molecule has 4 N–H and O–H groups in total. The first-order chi connectivity index (χ1) is 6.56. The van der Waals surface area contributed by atoms with Gasteiger partial charge in [0.2, 0.25) is 5.91 Å². The van der Waals surface area contributed by atoms with Crippen LogP contribution in [-0.2, 0) is 4.79 Å². The van der Waals surface area contributed by atoms with Crippen molar-refractivity contribution in [3.63, 3.8) is 0 Å². The summed E-state index contributed by atoms with van der Waals surface area (Å²) in [5.74, 6) is -0.0454. The molecule has 0 aromatic rings. The van der Waals surface area contributed by atoms with Crippen molar-refractivity contribution in [3.8, 4) is 0 Å². The van der Waals surface area contributed by atoms with Crippen molar-refractivity contribution in [1.29, 1.82) is 0 Å². The van der Waals surface area contributed by atoms with Crippen molar-refractivity contribution < 1.29 is 9.90 Å². The number of aliphatic hydroxyl groups excluding tert-OH is 1. The Hall–Kier alpha value is -0.610. The van der Waals surface area contributed by atoms with Crippen molar-refractivity contribution in [2.24, 2.45) is 5.73 Å². The maximum absolute atomic E-state index is 11.5. The van der Waals surface area contributed by atoms with E-state index >= 15 is 0 Å². The van der Waals surface area contributed by atoms with E-state index in [1.807, 2.05) is 0 Å². The molecule has 0 saturated heterocycles. The van der Waals surface area contributed by atoms with Crippen LogP contribution in [0.1, 0.15) is 39.0 Å². The molecule has 0 aromatic heterocycles. The molecule has 1 aliphatic rings. The highest BCUT2D eigenvalue weighted by molar-refractivity contribution is 5.77. The van der Waals surface area contributed by atoms with Crippen LogP contribution in [0.2, 0.25) is 0 Å². The molecule has 1 aliphatic carbocycles. The average molecular weight is 200 g/mol. The summed E-state index contributed by atoms with van der Waals surface area (Å²) < 4.78 is 0. The minimum absolute atomic E-state index is 0.0245. The SMILES string of the molecule is C[C@H](CO)NC(=O)CC1(N)CCCC1. The fourth-order valence-corrected chi connectivity index (χ4v) is 1.95. The maximum Gasteiger partial charge on any atom is 0.222 e. The van der Waals surface area contributed by atoms with Gasteiger partial charge in [-0.1, -0.05) is 12.8 Å². The van der Waals surface area contributed by atoms with E-state index in [0.717, 1.165) is 25.7 Å². The van der Waals surface area contributed by atoms with Gasteiger partial charge < -0.3 is 16.2 Å². The van der Waals surface area contributed by atoms with E-state index in [2.05, 4.69) is 5.32 Å². The third-order valence-electron chi connectivity index (χ3n) is 2.79. The van der Waals surface area contributed by atoms with Gasteiger partial charge in [0, 0.05) is 18.0 Å². The zero-order valence-electron chi connectivity index (χ0n) is 8.75. The highest BCUT2D eigenvalue weighted by Crippen LogP contribution is 2.29. The second-order valence-electron chi connectivity index (χ2n) is 4.40. The molecule has 0 radical (unpaired) electrons. The van der Waals surface area contributed by atoms with Crippen molar-refractivity contribution in [1.82, 2.24) is 5.32 Å². The molecule has 14 heavy (non-hydrogen) atoms. The third kappa shape index (κ3) is 3.27. The van der Waals surface area contributed by atoms with Gasteiger partial charge in [0.25, 0.3) is 0 Å². The van der Waals surface area contributed by atoms with Gasteiger partial charge in [-0.3, -0.25) is 4.79 Å². The van der Waals surface area contributed by atoms with Gasteiger partial charge in [-0.05, 0) is 19.8 Å². The van der Waals surface area contributed by atoms with Gasteiger partial charge in [0.15, 0.2) is 0 Å². The van der Waals surface area contributed by atoms with Gasteiger partial charge in [-0.15, -0.1) is 0 Å². The lowest BCUT2D eigenvalue weighted by molar-refractivity contribution is -0.123. The quantitative estimate of drug-likeness (QED) is 0.604. The minimum atomic E-state index is -0.292. The van der Waals surface area contributed by atoms with Crippen LogP contribution < -0.4 is 11.1 Å². The molecular weight excluding hydrogens is 180 g/mol. The van der Waals surface area contributed by atoms with Crippen LogP contribution >= 0.6 is 0 Å². The van der Waals surface area contributed by atoms with Crippen LogP contribution in [0.5, 0.6) is 0 Å². The fraction of sp³-hybridized carbons (Fsp3) is 0.900. The summed E-state index contributed by atoms with van der Waals surface area (Å²) in [5, 5.41) is 11.5. The van der Waals surface area contributed by atoms with Gasteiger partial charge in [-0.25, -0.2) is 0 Å². The van der Waals surface area contributed by atoms with Crippen LogP contribution in [0.15, 0.2) is 0 Å². The minimum Gasteiger partial charge on any atom is -0.394 e. The molecule has 4 heteroatoms. The summed E-state index contributed by atoms with van der Waals surface area (Å²) in [4.78, 5) is 11.5. The van der Waals surface area contributed by atoms with E-state index < -0.39 is 0 Å². The van der Waals surface area contributed by atoms with Crippen molar-refractivity contribution in [2.45, 2.75) is 50.6 Å². The van der Waals surface area contributed by atoms with Gasteiger partial charge in [-0.2, -0.15) is 0 Å². The summed E-state index contributed by atoms with van der Waals surface area (Å²) in [6, 6.07) is -0.174. The Bertz CT molecular complexity index is 200. The molecule has 1 saturated carbocycles. The summed E-state index contributed by atoms with van der Waals surface area (Å²) in [6.45, 7) is 1.75. The summed E-state index contributed by atoms with van der Waals surface area (Å²) in [7, 11) is 0. The Morgan fingerprint density at radius 3 is 2.64 bits per heavy atom. The molecule has 0 aliphatic heterocycles. The van der Waals surface area contributed by atoms with Gasteiger partial charge in [0.1, 0.15) is 0 Å². The number of carbonyl (C=O) groups excluding carboxylic acids is 1. The Morgan fingerprint density at radius 2 is 2.14 bits per heavy atom. The second-order valence-corrected chi connectivity index (χ2v) is 4.40. The monoisotopic (exact) mass is 200 g/mol. The number of rotatable bonds is 4. The van der Waals surface area contributed by atoms with E-state index in [-0.39, 0.29) is 24.1 Å². The molecular formula is C10H20N2O2. The molecule has 0 heterocycles. The van der Waals surface area contributed by atoms with Gasteiger partial charge >= 0.3 is 0 Å². The molecule has 0 unspecified atom stereocenters. The number of hydrogen-bond acceptors (Lipinski definition) is 3. The van der Waals surface area contributed by atoms with Crippen LogP contribution in [0, 0.1) is 0 Å². The Kier molecular flexibility index (Phi) is 3.89. The van der Waals surface area contributed by atoms with E-state index in [0.29, 0.717) is 6.42 Å². The highest BCUT2D eigenvalue weighted by Gasteiger charge is 2.31. The fourth-order valence-electron chi connectivity index (χ4n) is 1.95. The molecule has 4 nitrogen and oxygen atoms in total. The van der Waals surface area contributed by atoms with Crippen molar-refractivity contribution >= 4 is 5.91 Å². The van der Waals surface area contributed by atoms with E-state index in [1.54, 1.807) is 6.92 Å². The Morgan fingerprint density at radius 1 is 1.57 bits per heavy atom. The molecule has 0 spiro atoms. The largest absolute Gasteiger partial charge is 0.394 e. The first-order valence-electron chi connectivity index (χ1n) is 5.25. The number of hydrogen-bond donors (Lipinski definition) is 3. The normalized spacial score (nSPS) is 21.9. The molecule has 82 valence electrons. The Balaban J connectivity index is 2.32. The smallest absolute Gasteiger partial charge is 0.222 e. The molecule has 1 amide bonds. The predicted molar refractivity (Wildman–Crippen MR) is 54.7 cm³/mol. The van der Waals surface area contributed by atoms with Crippen molar-refractivity contribution in [3.05, 3.63) is 0 Å². The van der Waals surface area contributed by atoms with Crippen LogP contribution in [0.3, 0.4) is 0 Å². The molecule has 1 atom stereocenters. The lowest BCUT2D eigenvalue weighted by atomic mass is 9.94. The Labute approximate surface area is 84.9 Å². The lowest BCUT2D eigenvalue weighted by Gasteiger charge is -2.23. The number of amides is 1. The average Bonchev–Trinajstić information content (AvgIpc) is 2.51. The molecule has 0 bridgehead atoms. The number of nitrogens with one attached hydrogen (secondary N) is 1. The molecule has 1 fully saturated rings. The number of carbonyl (C=O) groups is 1. The zero-order chi connectivity index (χ0) is 10.6. The molecule has 1 rings (SSSR count). The first-order valence-corrected chi connectivity index (χ1v) is 5.25. The van der Waals surface area contributed by atoms with Crippen LogP contribution in [0.25, 0.3) is 0 Å². The first kappa shape index (κ1) is 11.5. The summed E-state index contributed by atoms with van der Waals surface area (Å²) in [5.41, 5.74) is 5.76. The topological polar surface area (TPSA) is 75.3 Å². The van der Waals surface area contributed by atoms with Crippen molar-refractivity contribution in [2.75, 3.05) is 6.61 Å². The second kappa shape index (κ2) is 4.75. The lowest BCUT2D eigenvalue weighted by Crippen LogP contribution is -2.44. The van der Waals surface area contributed by atoms with E-state index in [4.69, 9.17) is 10.8 Å². The standard InChI is InChI=1S/C10H20N2O2/c1-8(7-13)12-9(14)6-10(11)4-2-3-5-10/h8,13H,2-7,11H2,1H3,(H,12,14)/t8-/m1/s1. The van der Waals surface area contributed by atoms with E-state index in [1.165, 1.54) is 0 Å². The number of nitrogens with two attached hydrogens (primary N) is 1. The molecule has 0 aromatic carbocycles. The van der Waals surface area contributed by atoms with Gasteiger partial charge in [0.05, 0.1) is 6.61 Å². The summed E-state index contributed by atoms with van der Waals surface area (Å²) in [6.07, 6.45) is 4.51. The highest BCUT2D eigenvalue weighted by atomic mass is 16.3. The van der Waals surface area contributed by atoms with Crippen LogP contribution in [0.4, 0.5) is 0 Å².